The SMILES string of the molecule is O=C(NCc1ccc(S(=O)(=O)c2cc(F)cc(C(F)(F)F)c2)cc1)c1cc2ccncc2s1. The van der Waals surface area contributed by atoms with Crippen LogP contribution < -0.4 is 5.32 Å². The summed E-state index contributed by atoms with van der Waals surface area (Å²) in [4.78, 5) is 15.8. The van der Waals surface area contributed by atoms with Crippen LogP contribution in [0.15, 0.2) is 76.8 Å². The Morgan fingerprint density at radius 3 is 2.39 bits per heavy atom. The fraction of sp³-hybridized carbons (Fsp3) is 0.0909. The minimum absolute atomic E-state index is 0.101. The molecule has 0 fully saturated rings. The van der Waals surface area contributed by atoms with E-state index in [-0.39, 0.29) is 23.4 Å². The van der Waals surface area contributed by atoms with Gasteiger partial charge in [0, 0.05) is 18.9 Å². The Kier molecular flexibility index (Phi) is 5.93. The van der Waals surface area contributed by atoms with E-state index in [4.69, 9.17) is 0 Å². The van der Waals surface area contributed by atoms with E-state index < -0.39 is 32.3 Å². The van der Waals surface area contributed by atoms with Gasteiger partial charge in [-0.25, -0.2) is 12.8 Å². The van der Waals surface area contributed by atoms with Gasteiger partial charge in [0.25, 0.3) is 5.91 Å². The summed E-state index contributed by atoms with van der Waals surface area (Å²) in [5.74, 6) is -1.62. The number of pyridine rings is 1. The molecule has 0 aliphatic heterocycles. The molecule has 1 N–H and O–H groups in total. The third-order valence-electron chi connectivity index (χ3n) is 4.74. The topological polar surface area (TPSA) is 76.1 Å². The molecule has 0 atom stereocenters. The van der Waals surface area contributed by atoms with Crippen LogP contribution in [0.25, 0.3) is 10.1 Å². The second kappa shape index (κ2) is 8.56. The predicted molar refractivity (Wildman–Crippen MR) is 114 cm³/mol. The quantitative estimate of drug-likeness (QED) is 0.386. The van der Waals surface area contributed by atoms with Gasteiger partial charge in [-0.2, -0.15) is 13.2 Å². The van der Waals surface area contributed by atoms with Crippen LogP contribution in [0.2, 0.25) is 0 Å². The monoisotopic (exact) mass is 494 g/mol. The molecule has 170 valence electrons. The highest BCUT2D eigenvalue weighted by Crippen LogP contribution is 2.33. The van der Waals surface area contributed by atoms with E-state index in [0.29, 0.717) is 22.6 Å². The molecule has 11 heteroatoms. The number of thiophene rings is 1. The van der Waals surface area contributed by atoms with Gasteiger partial charge in [0.2, 0.25) is 9.84 Å². The zero-order valence-corrected chi connectivity index (χ0v) is 18.2. The zero-order chi connectivity index (χ0) is 23.8. The van der Waals surface area contributed by atoms with Gasteiger partial charge in [-0.3, -0.25) is 9.78 Å². The minimum Gasteiger partial charge on any atom is -0.347 e. The van der Waals surface area contributed by atoms with Crippen molar-refractivity contribution in [3.8, 4) is 0 Å². The second-order valence-corrected chi connectivity index (χ2v) is 10.1. The molecule has 4 aromatic rings. The first-order valence-electron chi connectivity index (χ1n) is 9.37. The highest BCUT2D eigenvalue weighted by Gasteiger charge is 2.33. The fourth-order valence-electron chi connectivity index (χ4n) is 3.07. The van der Waals surface area contributed by atoms with Crippen molar-refractivity contribution in [1.82, 2.24) is 10.3 Å². The highest BCUT2D eigenvalue weighted by atomic mass is 32.2. The fourth-order valence-corrected chi connectivity index (χ4v) is 5.33. The Balaban J connectivity index is 1.50. The number of hydrogen-bond donors (Lipinski definition) is 1. The maximum Gasteiger partial charge on any atom is 0.416 e. The van der Waals surface area contributed by atoms with Gasteiger partial charge < -0.3 is 5.32 Å². The summed E-state index contributed by atoms with van der Waals surface area (Å²) in [7, 11) is -4.38. The number of amides is 1. The first-order valence-corrected chi connectivity index (χ1v) is 11.7. The average Bonchev–Trinajstić information content (AvgIpc) is 3.21. The number of alkyl halides is 3. The molecule has 0 unspecified atom stereocenters. The average molecular weight is 494 g/mol. The number of fused-ring (bicyclic) bond motifs is 1. The van der Waals surface area contributed by atoms with E-state index in [2.05, 4.69) is 10.3 Å². The van der Waals surface area contributed by atoms with Gasteiger partial charge in [0.1, 0.15) is 5.82 Å². The molecule has 0 bridgehead atoms. The van der Waals surface area contributed by atoms with Gasteiger partial charge in [-0.1, -0.05) is 12.1 Å². The smallest absolute Gasteiger partial charge is 0.347 e. The molecule has 2 heterocycles. The molecule has 0 aliphatic carbocycles. The second-order valence-electron chi connectivity index (χ2n) is 7.03. The molecule has 5 nitrogen and oxygen atoms in total. The third-order valence-corrected chi connectivity index (χ3v) is 7.58. The van der Waals surface area contributed by atoms with E-state index in [9.17, 15) is 30.8 Å². The van der Waals surface area contributed by atoms with Crippen LogP contribution in [0.5, 0.6) is 0 Å². The molecule has 1 amide bonds. The van der Waals surface area contributed by atoms with Crippen molar-refractivity contribution >= 4 is 37.2 Å². The lowest BCUT2D eigenvalue weighted by molar-refractivity contribution is -0.137. The summed E-state index contributed by atoms with van der Waals surface area (Å²) < 4.78 is 78.7. The number of rotatable bonds is 5. The summed E-state index contributed by atoms with van der Waals surface area (Å²) in [6, 6.07) is 9.93. The Bertz CT molecular complexity index is 1410. The Morgan fingerprint density at radius 1 is 1.00 bits per heavy atom. The molecule has 0 saturated heterocycles. The van der Waals surface area contributed by atoms with Crippen molar-refractivity contribution in [2.45, 2.75) is 22.5 Å². The van der Waals surface area contributed by atoms with Crippen molar-refractivity contribution in [3.63, 3.8) is 0 Å². The predicted octanol–water partition coefficient (Wildman–Crippen LogP) is 5.22. The van der Waals surface area contributed by atoms with Crippen molar-refractivity contribution < 1.29 is 30.8 Å². The lowest BCUT2D eigenvalue weighted by Crippen LogP contribution is -2.21. The van der Waals surface area contributed by atoms with Crippen LogP contribution in [0.4, 0.5) is 17.6 Å². The number of carbonyl (C=O) groups is 1. The number of hydrogen-bond acceptors (Lipinski definition) is 5. The van der Waals surface area contributed by atoms with Crippen LogP contribution in [-0.4, -0.2) is 19.3 Å². The van der Waals surface area contributed by atoms with Crippen molar-refractivity contribution in [2.24, 2.45) is 0 Å². The number of carbonyl (C=O) groups excluding carboxylic acids is 1. The van der Waals surface area contributed by atoms with Crippen LogP contribution in [0.3, 0.4) is 0 Å². The first-order chi connectivity index (χ1) is 15.5. The van der Waals surface area contributed by atoms with Gasteiger partial charge >= 0.3 is 6.18 Å². The van der Waals surface area contributed by atoms with Gasteiger partial charge in [-0.05, 0) is 53.4 Å². The molecule has 33 heavy (non-hydrogen) atoms. The number of nitrogens with one attached hydrogen (secondary N) is 1. The first kappa shape index (κ1) is 22.9. The van der Waals surface area contributed by atoms with Crippen molar-refractivity contribution in [3.05, 3.63) is 88.8 Å². The molecule has 0 aliphatic rings. The number of halogens is 4. The summed E-state index contributed by atoms with van der Waals surface area (Å²) in [6.07, 6.45) is -1.61. The summed E-state index contributed by atoms with van der Waals surface area (Å²) in [6.45, 7) is 0.101. The largest absolute Gasteiger partial charge is 0.416 e. The van der Waals surface area contributed by atoms with E-state index in [1.165, 1.54) is 35.6 Å². The van der Waals surface area contributed by atoms with Gasteiger partial charge in [-0.15, -0.1) is 11.3 Å². The van der Waals surface area contributed by atoms with Crippen LogP contribution in [0, 0.1) is 5.82 Å². The molecular weight excluding hydrogens is 480 g/mol. The van der Waals surface area contributed by atoms with Crippen LogP contribution in [0.1, 0.15) is 20.8 Å². The summed E-state index contributed by atoms with van der Waals surface area (Å²) >= 11 is 1.28. The van der Waals surface area contributed by atoms with Crippen molar-refractivity contribution in [2.75, 3.05) is 0 Å². The lowest BCUT2D eigenvalue weighted by Gasteiger charge is -2.11. The Hall–Kier alpha value is -3.31. The summed E-state index contributed by atoms with van der Waals surface area (Å²) in [5.41, 5.74) is -0.822. The maximum absolute atomic E-state index is 13.6. The molecule has 0 spiro atoms. The Labute approximate surface area is 189 Å². The number of benzene rings is 2. The van der Waals surface area contributed by atoms with E-state index in [0.717, 1.165) is 10.1 Å². The van der Waals surface area contributed by atoms with E-state index in [1.54, 1.807) is 24.5 Å². The standard InChI is InChI=1S/C22H14F4N2O3S2/c23-16-8-15(22(24,25)26)9-18(10-16)33(30,31)17-3-1-13(2-4-17)11-28-21(29)19-7-14-5-6-27-12-20(14)32-19/h1-10,12H,11H2,(H,28,29). The van der Waals surface area contributed by atoms with Crippen LogP contribution >= 0.6 is 11.3 Å². The molecule has 0 radical (unpaired) electrons. The zero-order valence-electron chi connectivity index (χ0n) is 16.6. The van der Waals surface area contributed by atoms with Gasteiger partial charge in [0.05, 0.1) is 24.9 Å². The van der Waals surface area contributed by atoms with Crippen molar-refractivity contribution in [1.29, 1.82) is 0 Å². The van der Waals surface area contributed by atoms with E-state index >= 15 is 0 Å². The van der Waals surface area contributed by atoms with Gasteiger partial charge in [0.15, 0.2) is 0 Å². The molecule has 2 aromatic heterocycles. The molecular formula is C22H14F4N2O3S2. The number of nitrogens with zero attached hydrogens (tertiary/aromatic N) is 1. The third kappa shape index (κ3) is 4.88. The lowest BCUT2D eigenvalue weighted by atomic mass is 10.2. The minimum atomic E-state index is -4.89. The summed E-state index contributed by atoms with van der Waals surface area (Å²) in [5, 5.41) is 3.61. The van der Waals surface area contributed by atoms with Crippen LogP contribution in [-0.2, 0) is 22.6 Å². The Morgan fingerprint density at radius 2 is 1.73 bits per heavy atom. The molecule has 2 aromatic carbocycles. The molecule has 0 saturated carbocycles. The normalized spacial score (nSPS) is 12.1. The number of aromatic nitrogens is 1. The highest BCUT2D eigenvalue weighted by molar-refractivity contribution is 7.91. The molecule has 4 rings (SSSR count). The van der Waals surface area contributed by atoms with E-state index in [1.807, 2.05) is 0 Å². The number of sulfone groups is 1. The maximum atomic E-state index is 13.6.